The van der Waals surface area contributed by atoms with Crippen LogP contribution in [-0.4, -0.2) is 39.4 Å². The van der Waals surface area contributed by atoms with E-state index in [2.05, 4.69) is 20.6 Å². The topological polar surface area (TPSA) is 155 Å². The standard InChI is InChI=1S/C32H23F2N5O7/c1-44-27-16-24-22(15-28(27)46-29-9-7-21(17-36-29)39(42)43)25(10-13-35-24)45-26-8-6-20(14-23(26)34)37-31(41)32(11-12-32)38-30(40)18-2-4-19(33)5-3-18/h2-10,13-17H,11-12H2,1H3,(H,37,41)(H,38,40). The molecule has 0 atom stereocenters. The summed E-state index contributed by atoms with van der Waals surface area (Å²) in [6, 6.07) is 16.1. The Morgan fingerprint density at radius 1 is 0.891 bits per heavy atom. The van der Waals surface area contributed by atoms with E-state index < -0.39 is 33.9 Å². The summed E-state index contributed by atoms with van der Waals surface area (Å²) in [6.45, 7) is 0. The number of hydrogen-bond acceptors (Lipinski definition) is 9. The minimum atomic E-state index is -1.15. The zero-order valence-electron chi connectivity index (χ0n) is 24.0. The van der Waals surface area contributed by atoms with Crippen LogP contribution in [-0.2, 0) is 4.79 Å². The zero-order chi connectivity index (χ0) is 32.4. The summed E-state index contributed by atoms with van der Waals surface area (Å²) in [5, 5.41) is 16.7. The first-order valence-corrected chi connectivity index (χ1v) is 13.8. The second-order valence-electron chi connectivity index (χ2n) is 10.3. The molecule has 0 spiro atoms. The molecule has 1 fully saturated rings. The van der Waals surface area contributed by atoms with E-state index in [-0.39, 0.29) is 40.1 Å². The second-order valence-corrected chi connectivity index (χ2v) is 10.3. The van der Waals surface area contributed by atoms with E-state index in [4.69, 9.17) is 14.2 Å². The zero-order valence-corrected chi connectivity index (χ0v) is 24.0. The summed E-state index contributed by atoms with van der Waals surface area (Å²) >= 11 is 0. The number of carbonyl (C=O) groups is 2. The van der Waals surface area contributed by atoms with Gasteiger partial charge >= 0.3 is 0 Å². The van der Waals surface area contributed by atoms with Crippen molar-refractivity contribution < 1.29 is 37.5 Å². The molecule has 5 aromatic rings. The predicted octanol–water partition coefficient (Wildman–Crippen LogP) is 6.31. The normalized spacial score (nSPS) is 13.0. The Labute approximate surface area is 259 Å². The first-order chi connectivity index (χ1) is 22.1. The smallest absolute Gasteiger partial charge is 0.287 e. The molecule has 0 radical (unpaired) electrons. The Morgan fingerprint density at radius 2 is 1.67 bits per heavy atom. The van der Waals surface area contributed by atoms with Crippen molar-refractivity contribution in [3.8, 4) is 28.9 Å². The van der Waals surface area contributed by atoms with Crippen LogP contribution in [0.4, 0.5) is 20.2 Å². The Morgan fingerprint density at radius 3 is 2.33 bits per heavy atom. The second kappa shape index (κ2) is 12.1. The van der Waals surface area contributed by atoms with Gasteiger partial charge in [-0.3, -0.25) is 24.7 Å². The minimum Gasteiger partial charge on any atom is -0.493 e. The number of amides is 2. The van der Waals surface area contributed by atoms with E-state index in [1.54, 1.807) is 12.1 Å². The van der Waals surface area contributed by atoms with Gasteiger partial charge in [0.2, 0.25) is 11.8 Å². The van der Waals surface area contributed by atoms with E-state index >= 15 is 4.39 Å². The summed E-state index contributed by atoms with van der Waals surface area (Å²) in [4.78, 5) is 44.2. The van der Waals surface area contributed by atoms with Gasteiger partial charge in [0, 0.05) is 47.1 Å². The van der Waals surface area contributed by atoms with Crippen molar-refractivity contribution in [2.24, 2.45) is 0 Å². The number of ether oxygens (including phenoxy) is 3. The van der Waals surface area contributed by atoms with Crippen molar-refractivity contribution in [1.29, 1.82) is 0 Å². The number of fused-ring (bicyclic) bond motifs is 1. The maximum Gasteiger partial charge on any atom is 0.287 e. The van der Waals surface area contributed by atoms with Crippen molar-refractivity contribution in [1.82, 2.24) is 15.3 Å². The van der Waals surface area contributed by atoms with Crippen LogP contribution in [0.2, 0.25) is 0 Å². The Hall–Kier alpha value is -6.18. The SMILES string of the molecule is COc1cc2nccc(Oc3ccc(NC(=O)C4(NC(=O)c5ccc(F)cc5)CC4)cc3F)c2cc1Oc1ccc([N+](=O)[O-])cn1. The average molecular weight is 628 g/mol. The number of methoxy groups -OCH3 is 1. The molecule has 1 aliphatic rings. The van der Waals surface area contributed by atoms with Crippen LogP contribution in [0.1, 0.15) is 23.2 Å². The molecule has 6 rings (SSSR count). The molecule has 0 aliphatic heterocycles. The molecule has 2 amide bonds. The molecular weight excluding hydrogens is 604 g/mol. The number of nitro groups is 1. The molecule has 1 saturated carbocycles. The van der Waals surface area contributed by atoms with Gasteiger partial charge in [-0.15, -0.1) is 0 Å². The molecule has 1 aliphatic carbocycles. The summed E-state index contributed by atoms with van der Waals surface area (Å²) < 4.78 is 45.6. The van der Waals surface area contributed by atoms with Crippen LogP contribution in [0.3, 0.4) is 0 Å². The number of nitrogens with zero attached hydrogens (tertiary/aromatic N) is 3. The molecule has 2 N–H and O–H groups in total. The lowest BCUT2D eigenvalue weighted by atomic mass is 10.1. The molecule has 46 heavy (non-hydrogen) atoms. The maximum atomic E-state index is 15.2. The summed E-state index contributed by atoms with van der Waals surface area (Å²) in [5.74, 6) is -1.65. The highest BCUT2D eigenvalue weighted by Crippen LogP contribution is 2.40. The van der Waals surface area contributed by atoms with Crippen molar-refractivity contribution in [2.75, 3.05) is 12.4 Å². The van der Waals surface area contributed by atoms with Crippen LogP contribution in [0.25, 0.3) is 10.9 Å². The highest BCUT2D eigenvalue weighted by molar-refractivity contribution is 6.05. The minimum absolute atomic E-state index is 0.0706. The largest absolute Gasteiger partial charge is 0.493 e. The third kappa shape index (κ3) is 6.22. The molecule has 3 aromatic carbocycles. The molecule has 0 bridgehead atoms. The molecule has 0 unspecified atom stereocenters. The van der Waals surface area contributed by atoms with Crippen molar-refractivity contribution in [3.05, 3.63) is 113 Å². The Bertz CT molecular complexity index is 1980. The average Bonchev–Trinajstić information content (AvgIpc) is 3.83. The number of hydrogen-bond donors (Lipinski definition) is 2. The van der Waals surface area contributed by atoms with Crippen molar-refractivity contribution >= 4 is 34.1 Å². The predicted molar refractivity (Wildman–Crippen MR) is 160 cm³/mol. The van der Waals surface area contributed by atoms with Crippen LogP contribution >= 0.6 is 0 Å². The lowest BCUT2D eigenvalue weighted by Gasteiger charge is -2.18. The molecule has 2 aromatic heterocycles. The highest BCUT2D eigenvalue weighted by Gasteiger charge is 2.51. The van der Waals surface area contributed by atoms with Gasteiger partial charge in [0.25, 0.3) is 11.6 Å². The number of anilines is 1. The third-order valence-corrected chi connectivity index (χ3v) is 7.19. The van der Waals surface area contributed by atoms with Gasteiger partial charge in [-0.2, -0.15) is 0 Å². The van der Waals surface area contributed by atoms with Crippen LogP contribution in [0, 0.1) is 21.7 Å². The fourth-order valence-electron chi connectivity index (χ4n) is 4.57. The number of aromatic nitrogens is 2. The fraction of sp³-hybridized carbons (Fsp3) is 0.125. The Balaban J connectivity index is 1.18. The number of halogens is 2. The first kappa shape index (κ1) is 29.9. The molecular formula is C32H23F2N5O7. The highest BCUT2D eigenvalue weighted by atomic mass is 19.1. The van der Waals surface area contributed by atoms with Crippen molar-refractivity contribution in [2.45, 2.75) is 18.4 Å². The van der Waals surface area contributed by atoms with E-state index in [1.165, 1.54) is 55.8 Å². The number of carbonyl (C=O) groups excluding carboxylic acids is 2. The molecule has 0 saturated heterocycles. The number of pyridine rings is 2. The quantitative estimate of drug-likeness (QED) is 0.134. The summed E-state index contributed by atoms with van der Waals surface area (Å²) in [7, 11) is 1.43. The van der Waals surface area contributed by atoms with Gasteiger partial charge in [0.1, 0.15) is 23.3 Å². The van der Waals surface area contributed by atoms with Gasteiger partial charge in [-0.05, 0) is 61.4 Å². The fourth-order valence-corrected chi connectivity index (χ4v) is 4.57. The molecule has 2 heterocycles. The van der Waals surface area contributed by atoms with E-state index in [0.717, 1.165) is 24.4 Å². The van der Waals surface area contributed by atoms with Gasteiger partial charge < -0.3 is 24.8 Å². The van der Waals surface area contributed by atoms with E-state index in [1.807, 2.05) is 0 Å². The van der Waals surface area contributed by atoms with Gasteiger partial charge in [0.15, 0.2) is 23.1 Å². The van der Waals surface area contributed by atoms with E-state index in [9.17, 15) is 24.1 Å². The number of benzene rings is 3. The van der Waals surface area contributed by atoms with Crippen molar-refractivity contribution in [3.63, 3.8) is 0 Å². The lowest BCUT2D eigenvalue weighted by molar-refractivity contribution is -0.385. The van der Waals surface area contributed by atoms with Crippen LogP contribution < -0.4 is 24.8 Å². The maximum absolute atomic E-state index is 15.2. The third-order valence-electron chi connectivity index (χ3n) is 7.19. The monoisotopic (exact) mass is 627 g/mol. The summed E-state index contributed by atoms with van der Waals surface area (Å²) in [6.07, 6.45) is 3.31. The van der Waals surface area contributed by atoms with Gasteiger partial charge in [0.05, 0.1) is 17.5 Å². The Kier molecular flexibility index (Phi) is 7.84. The lowest BCUT2D eigenvalue weighted by Crippen LogP contribution is -2.46. The molecule has 232 valence electrons. The van der Waals surface area contributed by atoms with Crippen LogP contribution in [0.15, 0.2) is 85.2 Å². The first-order valence-electron chi connectivity index (χ1n) is 13.8. The van der Waals surface area contributed by atoms with Gasteiger partial charge in [-0.1, -0.05) is 0 Å². The summed E-state index contributed by atoms with van der Waals surface area (Å²) in [5.41, 5.74) is -0.562. The number of nitrogens with one attached hydrogen (secondary N) is 2. The van der Waals surface area contributed by atoms with E-state index in [0.29, 0.717) is 29.5 Å². The number of rotatable bonds is 10. The van der Waals surface area contributed by atoms with Gasteiger partial charge in [-0.25, -0.2) is 13.8 Å². The van der Waals surface area contributed by atoms with Crippen LogP contribution in [0.5, 0.6) is 28.9 Å². The molecule has 14 heteroatoms. The molecule has 12 nitrogen and oxygen atoms in total.